The van der Waals surface area contributed by atoms with Gasteiger partial charge in [-0.1, -0.05) is 18.2 Å². The van der Waals surface area contributed by atoms with Crippen molar-refractivity contribution in [3.8, 4) is 5.69 Å². The van der Waals surface area contributed by atoms with Crippen LogP contribution in [0.3, 0.4) is 0 Å². The maximum atomic E-state index is 4.69. The Morgan fingerprint density at radius 1 is 0.731 bits per heavy atom. The predicted octanol–water partition coefficient (Wildman–Crippen LogP) is 5.94. The highest BCUT2D eigenvalue weighted by molar-refractivity contribution is 7.26. The van der Waals surface area contributed by atoms with E-state index in [1.807, 2.05) is 36.0 Å². The van der Waals surface area contributed by atoms with Gasteiger partial charge >= 0.3 is 0 Å². The van der Waals surface area contributed by atoms with Gasteiger partial charge in [0.05, 0.1) is 16.6 Å². The van der Waals surface area contributed by atoms with Crippen molar-refractivity contribution in [3.05, 3.63) is 79.3 Å². The summed E-state index contributed by atoms with van der Waals surface area (Å²) in [6, 6.07) is 21.3. The Morgan fingerprint density at radius 3 is 2.54 bits per heavy atom. The van der Waals surface area contributed by atoms with Gasteiger partial charge < -0.3 is 4.57 Å². The summed E-state index contributed by atoms with van der Waals surface area (Å²) in [6.07, 6.45) is 5.55. The molecule has 0 saturated carbocycles. The number of benzene rings is 2. The summed E-state index contributed by atoms with van der Waals surface area (Å²) in [5.74, 6) is 0. The van der Waals surface area contributed by atoms with Gasteiger partial charge in [-0.2, -0.15) is 0 Å². The maximum absolute atomic E-state index is 4.69. The van der Waals surface area contributed by atoms with Crippen LogP contribution in [0.4, 0.5) is 0 Å². The van der Waals surface area contributed by atoms with Crippen molar-refractivity contribution >= 4 is 53.4 Å². The van der Waals surface area contributed by atoms with Gasteiger partial charge in [-0.3, -0.25) is 9.97 Å². The van der Waals surface area contributed by atoms with E-state index in [4.69, 9.17) is 4.98 Å². The zero-order valence-corrected chi connectivity index (χ0v) is 14.6. The van der Waals surface area contributed by atoms with Crippen molar-refractivity contribution in [2.75, 3.05) is 0 Å². The lowest BCUT2D eigenvalue weighted by Crippen LogP contribution is -1.94. The minimum Gasteiger partial charge on any atom is -0.307 e. The average molecular weight is 351 g/mol. The molecule has 6 aromatic rings. The van der Waals surface area contributed by atoms with E-state index in [-0.39, 0.29) is 0 Å². The molecule has 0 aliphatic carbocycles. The zero-order valence-electron chi connectivity index (χ0n) is 13.8. The SMILES string of the molecule is c1ccc2c(c1)sc1ccc3c4ncccc4n(-c4ccncc4)c3c12. The smallest absolute Gasteiger partial charge is 0.0963 e. The van der Waals surface area contributed by atoms with Gasteiger partial charge in [-0.25, -0.2) is 0 Å². The summed E-state index contributed by atoms with van der Waals surface area (Å²) in [6.45, 7) is 0. The molecule has 26 heavy (non-hydrogen) atoms. The van der Waals surface area contributed by atoms with Gasteiger partial charge in [-0.15, -0.1) is 11.3 Å². The number of pyridine rings is 2. The lowest BCUT2D eigenvalue weighted by Gasteiger charge is -2.08. The summed E-state index contributed by atoms with van der Waals surface area (Å²) in [7, 11) is 0. The molecule has 0 aliphatic heterocycles. The standard InChI is InChI=1S/C22H13N3S/c1-2-6-18-15(4-1)20-19(26-18)8-7-16-21-17(5-3-11-24-21)25(22(16)20)14-9-12-23-13-10-14/h1-13H. The van der Waals surface area contributed by atoms with Crippen LogP contribution in [-0.4, -0.2) is 14.5 Å². The van der Waals surface area contributed by atoms with Gasteiger partial charge in [0, 0.05) is 49.8 Å². The second kappa shape index (κ2) is 5.13. The number of fused-ring (bicyclic) bond motifs is 7. The summed E-state index contributed by atoms with van der Waals surface area (Å²) < 4.78 is 4.94. The quantitative estimate of drug-likeness (QED) is 0.367. The number of hydrogen-bond acceptors (Lipinski definition) is 3. The molecule has 0 aliphatic rings. The van der Waals surface area contributed by atoms with Gasteiger partial charge in [0.1, 0.15) is 0 Å². The lowest BCUT2D eigenvalue weighted by molar-refractivity contribution is 1.16. The van der Waals surface area contributed by atoms with E-state index < -0.39 is 0 Å². The summed E-state index contributed by atoms with van der Waals surface area (Å²) >= 11 is 1.84. The molecule has 0 bridgehead atoms. The molecule has 122 valence electrons. The number of rotatable bonds is 1. The van der Waals surface area contributed by atoms with Crippen LogP contribution in [0.15, 0.2) is 79.3 Å². The zero-order chi connectivity index (χ0) is 17.1. The largest absolute Gasteiger partial charge is 0.307 e. The molecule has 0 amide bonds. The molecule has 0 unspecified atom stereocenters. The fourth-order valence-electron chi connectivity index (χ4n) is 3.89. The first-order chi connectivity index (χ1) is 12.9. The Hall–Kier alpha value is -3.24. The first-order valence-electron chi connectivity index (χ1n) is 8.51. The van der Waals surface area contributed by atoms with Crippen LogP contribution in [0, 0.1) is 0 Å². The van der Waals surface area contributed by atoms with E-state index in [0.29, 0.717) is 0 Å². The van der Waals surface area contributed by atoms with Crippen molar-refractivity contribution in [1.82, 2.24) is 14.5 Å². The molecule has 0 radical (unpaired) electrons. The van der Waals surface area contributed by atoms with Gasteiger partial charge in [0.25, 0.3) is 0 Å². The van der Waals surface area contributed by atoms with E-state index >= 15 is 0 Å². The van der Waals surface area contributed by atoms with E-state index in [2.05, 4.69) is 64.1 Å². The fraction of sp³-hybridized carbons (Fsp3) is 0. The summed E-state index contributed by atoms with van der Waals surface area (Å²) in [5.41, 5.74) is 4.49. The van der Waals surface area contributed by atoms with Crippen LogP contribution in [0.2, 0.25) is 0 Å². The third-order valence-corrected chi connectivity index (χ3v) is 6.08. The minimum absolute atomic E-state index is 1.04. The molecule has 0 fully saturated rings. The second-order valence-electron chi connectivity index (χ2n) is 6.35. The molecule has 4 aromatic heterocycles. The van der Waals surface area contributed by atoms with Crippen LogP contribution >= 0.6 is 11.3 Å². The molecular formula is C22H13N3S. The van der Waals surface area contributed by atoms with Crippen LogP contribution in [0.25, 0.3) is 47.8 Å². The molecule has 3 nitrogen and oxygen atoms in total. The first kappa shape index (κ1) is 14.0. The van der Waals surface area contributed by atoms with Crippen LogP contribution in [0.5, 0.6) is 0 Å². The highest BCUT2D eigenvalue weighted by atomic mass is 32.1. The third-order valence-electron chi connectivity index (χ3n) is 4.94. The van der Waals surface area contributed by atoms with Crippen molar-refractivity contribution in [1.29, 1.82) is 0 Å². The molecule has 4 heterocycles. The maximum Gasteiger partial charge on any atom is 0.0963 e. The van der Waals surface area contributed by atoms with Crippen LogP contribution in [-0.2, 0) is 0 Å². The number of aromatic nitrogens is 3. The van der Waals surface area contributed by atoms with E-state index in [0.717, 1.165) is 16.7 Å². The summed E-state index contributed by atoms with van der Waals surface area (Å²) in [5, 5.41) is 3.79. The monoisotopic (exact) mass is 351 g/mol. The number of thiophene rings is 1. The normalized spacial score (nSPS) is 11.8. The topological polar surface area (TPSA) is 30.7 Å². The van der Waals surface area contributed by atoms with Gasteiger partial charge in [-0.05, 0) is 42.5 Å². The van der Waals surface area contributed by atoms with Crippen LogP contribution < -0.4 is 0 Å². The molecular weight excluding hydrogens is 338 g/mol. The van der Waals surface area contributed by atoms with Crippen molar-refractivity contribution < 1.29 is 0 Å². The van der Waals surface area contributed by atoms with Crippen molar-refractivity contribution in [2.24, 2.45) is 0 Å². The molecule has 6 rings (SSSR count). The first-order valence-corrected chi connectivity index (χ1v) is 9.33. The van der Waals surface area contributed by atoms with Crippen molar-refractivity contribution in [2.45, 2.75) is 0 Å². The lowest BCUT2D eigenvalue weighted by atomic mass is 10.1. The second-order valence-corrected chi connectivity index (χ2v) is 7.43. The highest BCUT2D eigenvalue weighted by Crippen LogP contribution is 2.42. The Kier molecular flexibility index (Phi) is 2.76. The molecule has 0 N–H and O–H groups in total. The van der Waals surface area contributed by atoms with Gasteiger partial charge in [0.15, 0.2) is 0 Å². The number of nitrogens with zero attached hydrogens (tertiary/aromatic N) is 3. The van der Waals surface area contributed by atoms with Crippen LogP contribution in [0.1, 0.15) is 0 Å². The number of hydrogen-bond donors (Lipinski definition) is 0. The van der Waals surface area contributed by atoms with E-state index in [1.165, 1.54) is 31.1 Å². The Bertz CT molecular complexity index is 1430. The molecule has 2 aromatic carbocycles. The molecule has 0 saturated heterocycles. The van der Waals surface area contributed by atoms with Gasteiger partial charge in [0.2, 0.25) is 0 Å². The Labute approximate surface area is 153 Å². The molecule has 0 atom stereocenters. The molecule has 4 heteroatoms. The third kappa shape index (κ3) is 1.77. The predicted molar refractivity (Wildman–Crippen MR) is 109 cm³/mol. The fourth-order valence-corrected chi connectivity index (χ4v) is 5.00. The molecule has 0 spiro atoms. The average Bonchev–Trinajstić information content (AvgIpc) is 3.24. The highest BCUT2D eigenvalue weighted by Gasteiger charge is 2.18. The Balaban J connectivity index is 1.96. The van der Waals surface area contributed by atoms with E-state index in [9.17, 15) is 0 Å². The summed E-state index contributed by atoms with van der Waals surface area (Å²) in [4.78, 5) is 8.88. The Morgan fingerprint density at radius 2 is 1.62 bits per heavy atom. The van der Waals surface area contributed by atoms with E-state index in [1.54, 1.807) is 0 Å². The minimum atomic E-state index is 1.04. The van der Waals surface area contributed by atoms with Crippen molar-refractivity contribution in [3.63, 3.8) is 0 Å².